The van der Waals surface area contributed by atoms with Crippen molar-refractivity contribution in [3.63, 3.8) is 0 Å². The first-order valence-electron chi connectivity index (χ1n) is 8.36. The van der Waals surface area contributed by atoms with Gasteiger partial charge in [0.1, 0.15) is 0 Å². The van der Waals surface area contributed by atoms with Crippen LogP contribution in [-0.4, -0.2) is 21.4 Å². The maximum Gasteiger partial charge on any atom is 0.0733 e. The average molecular weight is 266 g/mol. The molecule has 0 saturated heterocycles. The number of fused-ring (bicyclic) bond motifs is 2. The minimum atomic E-state index is -0.741. The molecule has 0 aromatic heterocycles. The number of aliphatic hydroxyl groups is 2. The summed E-state index contributed by atoms with van der Waals surface area (Å²) < 4.78 is 0. The van der Waals surface area contributed by atoms with Crippen LogP contribution in [0.4, 0.5) is 0 Å². The maximum atomic E-state index is 11.4. The van der Waals surface area contributed by atoms with Crippen LogP contribution in [0.5, 0.6) is 0 Å². The summed E-state index contributed by atoms with van der Waals surface area (Å²) in [6.07, 6.45) is 10.9. The van der Waals surface area contributed by atoms with E-state index in [9.17, 15) is 10.2 Å². The number of rotatable bonds is 1. The first kappa shape index (κ1) is 13.9. The van der Waals surface area contributed by atoms with E-state index in [1.54, 1.807) is 0 Å². The third-order valence-corrected chi connectivity index (χ3v) is 6.45. The van der Waals surface area contributed by atoms with Gasteiger partial charge >= 0.3 is 0 Å². The van der Waals surface area contributed by atoms with Crippen LogP contribution in [0.1, 0.15) is 71.6 Å². The van der Waals surface area contributed by atoms with Crippen molar-refractivity contribution >= 4 is 0 Å². The molecule has 0 aromatic rings. The second kappa shape index (κ2) is 4.73. The highest BCUT2D eigenvalue weighted by molar-refractivity contribution is 5.06. The quantitative estimate of drug-likeness (QED) is 0.762. The van der Waals surface area contributed by atoms with Gasteiger partial charge in [0.2, 0.25) is 0 Å². The Kier molecular flexibility index (Phi) is 3.46. The lowest BCUT2D eigenvalue weighted by Gasteiger charge is -2.57. The summed E-state index contributed by atoms with van der Waals surface area (Å²) in [7, 11) is 0. The molecule has 3 aliphatic rings. The van der Waals surface area contributed by atoms with Crippen molar-refractivity contribution in [2.45, 2.75) is 82.8 Å². The highest BCUT2D eigenvalue weighted by atomic mass is 16.3. The molecule has 3 fully saturated rings. The van der Waals surface area contributed by atoms with Gasteiger partial charge in [0.25, 0.3) is 0 Å². The Labute approximate surface area is 117 Å². The summed E-state index contributed by atoms with van der Waals surface area (Å²) in [5, 5.41) is 21.8. The van der Waals surface area contributed by atoms with E-state index in [-0.39, 0.29) is 5.92 Å². The molecule has 3 aliphatic carbocycles. The van der Waals surface area contributed by atoms with Crippen LogP contribution < -0.4 is 0 Å². The van der Waals surface area contributed by atoms with E-state index in [0.29, 0.717) is 5.92 Å². The van der Waals surface area contributed by atoms with Crippen LogP contribution in [0.2, 0.25) is 0 Å². The van der Waals surface area contributed by atoms with E-state index in [1.165, 1.54) is 44.9 Å². The molecule has 0 heterocycles. The fraction of sp³-hybridized carbons (Fsp3) is 1.00. The van der Waals surface area contributed by atoms with E-state index in [2.05, 4.69) is 0 Å². The third kappa shape index (κ3) is 2.35. The first-order chi connectivity index (χ1) is 8.91. The molecule has 0 spiro atoms. The summed E-state index contributed by atoms with van der Waals surface area (Å²) in [5.74, 6) is 2.09. The van der Waals surface area contributed by atoms with E-state index in [4.69, 9.17) is 0 Å². The maximum absolute atomic E-state index is 11.4. The summed E-state index contributed by atoms with van der Waals surface area (Å²) in [5.41, 5.74) is -1.33. The van der Waals surface area contributed by atoms with Gasteiger partial charge in [0.15, 0.2) is 0 Å². The molecule has 2 N–H and O–H groups in total. The molecule has 110 valence electrons. The fourth-order valence-electron chi connectivity index (χ4n) is 5.60. The molecule has 2 unspecified atom stereocenters. The normalized spacial score (nSPS) is 47.4. The molecule has 3 rings (SSSR count). The number of hydrogen-bond acceptors (Lipinski definition) is 2. The van der Waals surface area contributed by atoms with Crippen molar-refractivity contribution in [2.24, 2.45) is 23.7 Å². The predicted octanol–water partition coefficient (Wildman–Crippen LogP) is 3.50. The second-order valence-electron chi connectivity index (χ2n) is 8.07. The van der Waals surface area contributed by atoms with E-state index in [1.807, 2.05) is 13.8 Å². The van der Waals surface area contributed by atoms with Crippen LogP contribution >= 0.6 is 0 Å². The highest BCUT2D eigenvalue weighted by Gasteiger charge is 2.55. The van der Waals surface area contributed by atoms with Gasteiger partial charge in [0, 0.05) is 5.92 Å². The molecule has 0 aromatic carbocycles. The molecule has 0 bridgehead atoms. The van der Waals surface area contributed by atoms with Crippen molar-refractivity contribution in [3.8, 4) is 0 Å². The summed E-state index contributed by atoms with van der Waals surface area (Å²) in [6, 6.07) is 0. The van der Waals surface area contributed by atoms with Gasteiger partial charge in [0.05, 0.1) is 11.2 Å². The smallest absolute Gasteiger partial charge is 0.0733 e. The lowest BCUT2D eigenvalue weighted by molar-refractivity contribution is -0.195. The van der Waals surface area contributed by atoms with Gasteiger partial charge in [-0.25, -0.2) is 0 Å². The zero-order valence-electron chi connectivity index (χ0n) is 12.6. The van der Waals surface area contributed by atoms with E-state index in [0.717, 1.165) is 24.7 Å². The van der Waals surface area contributed by atoms with Crippen molar-refractivity contribution in [2.75, 3.05) is 0 Å². The van der Waals surface area contributed by atoms with E-state index >= 15 is 0 Å². The lowest BCUT2D eigenvalue weighted by Crippen LogP contribution is -2.59. The Morgan fingerprint density at radius 2 is 1.63 bits per heavy atom. The topological polar surface area (TPSA) is 40.5 Å². The van der Waals surface area contributed by atoms with Crippen LogP contribution in [0.15, 0.2) is 0 Å². The van der Waals surface area contributed by atoms with E-state index < -0.39 is 11.2 Å². The summed E-state index contributed by atoms with van der Waals surface area (Å²) in [6.45, 7) is 3.79. The molecule has 3 saturated carbocycles. The van der Waals surface area contributed by atoms with Crippen molar-refractivity contribution in [1.82, 2.24) is 0 Å². The highest BCUT2D eigenvalue weighted by Crippen LogP contribution is 2.56. The minimum absolute atomic E-state index is 0.0710. The van der Waals surface area contributed by atoms with Crippen molar-refractivity contribution < 1.29 is 10.2 Å². The summed E-state index contributed by atoms with van der Waals surface area (Å²) in [4.78, 5) is 0. The SMILES string of the molecule is CC(C)(O)[C@H]1CCC[C@@H]2CC3CCCCC3C[C@@]21O. The molecule has 2 heteroatoms. The Bertz CT molecular complexity index is 333. The Hall–Kier alpha value is -0.0800. The van der Waals surface area contributed by atoms with Gasteiger partial charge < -0.3 is 10.2 Å². The zero-order chi connectivity index (χ0) is 13.7. The molecule has 2 nitrogen and oxygen atoms in total. The Balaban J connectivity index is 1.85. The van der Waals surface area contributed by atoms with Gasteiger partial charge in [-0.1, -0.05) is 32.1 Å². The van der Waals surface area contributed by atoms with Crippen molar-refractivity contribution in [3.05, 3.63) is 0 Å². The second-order valence-corrected chi connectivity index (χ2v) is 8.07. The molecule has 0 radical (unpaired) electrons. The molecule has 0 amide bonds. The van der Waals surface area contributed by atoms with Gasteiger partial charge in [-0.15, -0.1) is 0 Å². The Morgan fingerprint density at radius 1 is 0.947 bits per heavy atom. The predicted molar refractivity (Wildman–Crippen MR) is 76.8 cm³/mol. The van der Waals surface area contributed by atoms with Crippen molar-refractivity contribution in [1.29, 1.82) is 0 Å². The monoisotopic (exact) mass is 266 g/mol. The van der Waals surface area contributed by atoms with Gasteiger partial charge in [-0.3, -0.25) is 0 Å². The molecular weight excluding hydrogens is 236 g/mol. The molecule has 19 heavy (non-hydrogen) atoms. The van der Waals surface area contributed by atoms with Crippen LogP contribution in [0, 0.1) is 23.7 Å². The average Bonchev–Trinajstić information content (AvgIpc) is 2.33. The number of hydrogen-bond donors (Lipinski definition) is 2. The van der Waals surface area contributed by atoms with Gasteiger partial charge in [-0.05, 0) is 57.3 Å². The van der Waals surface area contributed by atoms with Gasteiger partial charge in [-0.2, -0.15) is 0 Å². The first-order valence-corrected chi connectivity index (χ1v) is 8.36. The zero-order valence-corrected chi connectivity index (χ0v) is 12.6. The Morgan fingerprint density at radius 3 is 2.32 bits per heavy atom. The van der Waals surface area contributed by atoms with Crippen LogP contribution in [0.25, 0.3) is 0 Å². The standard InChI is InChI=1S/C17H30O2/c1-16(2,18)15-9-5-8-14-10-12-6-3-4-7-13(12)11-17(14,15)19/h12-15,18-19H,3-11H2,1-2H3/t12?,13?,14-,15-,17-/m1/s1. The fourth-order valence-corrected chi connectivity index (χ4v) is 5.60. The third-order valence-electron chi connectivity index (χ3n) is 6.45. The largest absolute Gasteiger partial charge is 0.390 e. The van der Waals surface area contributed by atoms with Crippen LogP contribution in [-0.2, 0) is 0 Å². The van der Waals surface area contributed by atoms with Crippen LogP contribution in [0.3, 0.4) is 0 Å². The molecular formula is C17H30O2. The molecule has 0 aliphatic heterocycles. The lowest BCUT2D eigenvalue weighted by atomic mass is 9.52. The minimum Gasteiger partial charge on any atom is -0.390 e. The molecule has 5 atom stereocenters. The summed E-state index contributed by atoms with van der Waals surface area (Å²) >= 11 is 0.